The SMILES string of the molecule is CCc1cc(CC2(CN)CCC(C(C)(C)C)CC2)n(C)n1. The molecule has 2 rings (SSSR count). The van der Waals surface area contributed by atoms with Crippen LogP contribution >= 0.6 is 0 Å². The van der Waals surface area contributed by atoms with Crippen molar-refractivity contribution >= 4 is 0 Å². The van der Waals surface area contributed by atoms with Gasteiger partial charge in [-0.1, -0.05) is 27.7 Å². The van der Waals surface area contributed by atoms with E-state index in [4.69, 9.17) is 5.73 Å². The molecule has 0 radical (unpaired) electrons. The Morgan fingerprint density at radius 3 is 2.38 bits per heavy atom. The summed E-state index contributed by atoms with van der Waals surface area (Å²) in [5.41, 5.74) is 9.48. The van der Waals surface area contributed by atoms with E-state index < -0.39 is 0 Å². The van der Waals surface area contributed by atoms with Crippen LogP contribution in [0.25, 0.3) is 0 Å². The Bertz CT molecular complexity index is 459. The van der Waals surface area contributed by atoms with Gasteiger partial charge in [0.15, 0.2) is 0 Å². The fourth-order valence-electron chi connectivity index (χ4n) is 3.84. The lowest BCUT2D eigenvalue weighted by Crippen LogP contribution is -2.39. The first kappa shape index (κ1) is 16.5. The standard InChI is InChI=1S/C18H33N3/c1-6-15-11-16(21(5)20-15)12-18(13-19)9-7-14(8-10-18)17(2,3)4/h11,14H,6-10,12-13,19H2,1-5H3. The molecule has 0 amide bonds. The molecule has 21 heavy (non-hydrogen) atoms. The summed E-state index contributed by atoms with van der Waals surface area (Å²) in [6.45, 7) is 10.1. The largest absolute Gasteiger partial charge is 0.330 e. The van der Waals surface area contributed by atoms with Gasteiger partial charge >= 0.3 is 0 Å². The molecule has 0 aliphatic heterocycles. The molecule has 0 saturated heterocycles. The van der Waals surface area contributed by atoms with Crippen molar-refractivity contribution in [3.05, 3.63) is 17.5 Å². The molecular weight excluding hydrogens is 258 g/mol. The fraction of sp³-hybridized carbons (Fsp3) is 0.833. The predicted molar refractivity (Wildman–Crippen MR) is 89.2 cm³/mol. The normalized spacial score (nSPS) is 27.0. The van der Waals surface area contributed by atoms with Gasteiger partial charge in [-0.25, -0.2) is 0 Å². The van der Waals surface area contributed by atoms with Crippen LogP contribution in [0.15, 0.2) is 6.07 Å². The maximum atomic E-state index is 6.20. The van der Waals surface area contributed by atoms with Crippen LogP contribution in [0.2, 0.25) is 0 Å². The van der Waals surface area contributed by atoms with Gasteiger partial charge < -0.3 is 5.73 Å². The zero-order chi connectivity index (χ0) is 15.7. The zero-order valence-corrected chi connectivity index (χ0v) is 14.6. The lowest BCUT2D eigenvalue weighted by Gasteiger charge is -2.43. The molecule has 1 heterocycles. The van der Waals surface area contributed by atoms with Crippen LogP contribution in [0, 0.1) is 16.7 Å². The summed E-state index contributed by atoms with van der Waals surface area (Å²) >= 11 is 0. The van der Waals surface area contributed by atoms with E-state index in [0.717, 1.165) is 25.3 Å². The van der Waals surface area contributed by atoms with Gasteiger partial charge in [0.1, 0.15) is 0 Å². The number of hydrogen-bond acceptors (Lipinski definition) is 2. The quantitative estimate of drug-likeness (QED) is 0.919. The number of nitrogens with zero attached hydrogens (tertiary/aromatic N) is 2. The molecule has 0 spiro atoms. The van der Waals surface area contributed by atoms with Gasteiger partial charge in [0.2, 0.25) is 0 Å². The molecule has 0 aromatic carbocycles. The molecule has 0 bridgehead atoms. The Kier molecular flexibility index (Phi) is 4.82. The van der Waals surface area contributed by atoms with Gasteiger partial charge in [-0.05, 0) is 67.9 Å². The zero-order valence-electron chi connectivity index (χ0n) is 14.6. The molecule has 2 N–H and O–H groups in total. The number of aryl methyl sites for hydroxylation is 2. The van der Waals surface area contributed by atoms with Gasteiger partial charge in [0.25, 0.3) is 0 Å². The van der Waals surface area contributed by atoms with Crippen molar-refractivity contribution < 1.29 is 0 Å². The van der Waals surface area contributed by atoms with Crippen LogP contribution in [-0.2, 0) is 19.9 Å². The maximum absolute atomic E-state index is 6.20. The van der Waals surface area contributed by atoms with Gasteiger partial charge in [-0.3, -0.25) is 4.68 Å². The molecule has 3 nitrogen and oxygen atoms in total. The summed E-state index contributed by atoms with van der Waals surface area (Å²) in [4.78, 5) is 0. The average molecular weight is 291 g/mol. The molecule has 1 aliphatic rings. The Morgan fingerprint density at radius 2 is 1.95 bits per heavy atom. The van der Waals surface area contributed by atoms with E-state index in [1.165, 1.54) is 37.1 Å². The smallest absolute Gasteiger partial charge is 0.0624 e. The molecule has 120 valence electrons. The third-order valence-electron chi connectivity index (χ3n) is 5.65. The molecular formula is C18H33N3. The molecule has 1 aromatic rings. The highest BCUT2D eigenvalue weighted by atomic mass is 15.3. The summed E-state index contributed by atoms with van der Waals surface area (Å²) in [5, 5.41) is 4.59. The van der Waals surface area contributed by atoms with Crippen molar-refractivity contribution in [3.8, 4) is 0 Å². The first-order chi connectivity index (χ1) is 9.79. The van der Waals surface area contributed by atoms with Crippen molar-refractivity contribution in [2.75, 3.05) is 6.54 Å². The highest BCUT2D eigenvalue weighted by Gasteiger charge is 2.38. The molecule has 1 fully saturated rings. The first-order valence-corrected chi connectivity index (χ1v) is 8.51. The Balaban J connectivity index is 2.08. The number of nitrogens with two attached hydrogens (primary N) is 1. The molecule has 0 unspecified atom stereocenters. The average Bonchev–Trinajstić information content (AvgIpc) is 2.79. The third-order valence-corrected chi connectivity index (χ3v) is 5.65. The second-order valence-electron chi connectivity index (χ2n) is 8.13. The van der Waals surface area contributed by atoms with E-state index in [-0.39, 0.29) is 0 Å². The van der Waals surface area contributed by atoms with Crippen molar-refractivity contribution in [1.82, 2.24) is 9.78 Å². The molecule has 1 aromatic heterocycles. The van der Waals surface area contributed by atoms with Gasteiger partial charge in [0, 0.05) is 12.7 Å². The fourth-order valence-corrected chi connectivity index (χ4v) is 3.84. The van der Waals surface area contributed by atoms with Crippen molar-refractivity contribution in [3.63, 3.8) is 0 Å². The van der Waals surface area contributed by atoms with E-state index in [2.05, 4.69) is 50.6 Å². The van der Waals surface area contributed by atoms with E-state index in [0.29, 0.717) is 10.8 Å². The topological polar surface area (TPSA) is 43.8 Å². The highest BCUT2D eigenvalue weighted by Crippen LogP contribution is 2.46. The Hall–Kier alpha value is -0.830. The highest BCUT2D eigenvalue weighted by molar-refractivity contribution is 5.13. The summed E-state index contributed by atoms with van der Waals surface area (Å²) < 4.78 is 2.06. The summed E-state index contributed by atoms with van der Waals surface area (Å²) in [6, 6.07) is 2.27. The summed E-state index contributed by atoms with van der Waals surface area (Å²) in [6.07, 6.45) is 7.26. The van der Waals surface area contributed by atoms with Crippen LogP contribution in [0.5, 0.6) is 0 Å². The van der Waals surface area contributed by atoms with Crippen molar-refractivity contribution in [2.24, 2.45) is 29.5 Å². The maximum Gasteiger partial charge on any atom is 0.0624 e. The number of aromatic nitrogens is 2. The first-order valence-electron chi connectivity index (χ1n) is 8.51. The van der Waals surface area contributed by atoms with Crippen LogP contribution < -0.4 is 5.73 Å². The number of hydrogen-bond donors (Lipinski definition) is 1. The van der Waals surface area contributed by atoms with E-state index in [9.17, 15) is 0 Å². The minimum Gasteiger partial charge on any atom is -0.330 e. The van der Waals surface area contributed by atoms with E-state index in [1.54, 1.807) is 0 Å². The second-order valence-corrected chi connectivity index (χ2v) is 8.13. The van der Waals surface area contributed by atoms with Crippen LogP contribution in [-0.4, -0.2) is 16.3 Å². The minimum atomic E-state index is 0.292. The van der Waals surface area contributed by atoms with Gasteiger partial charge in [-0.2, -0.15) is 5.10 Å². The van der Waals surface area contributed by atoms with Crippen LogP contribution in [0.3, 0.4) is 0 Å². The lowest BCUT2D eigenvalue weighted by molar-refractivity contribution is 0.0913. The summed E-state index contributed by atoms with van der Waals surface area (Å²) in [5.74, 6) is 0.843. The van der Waals surface area contributed by atoms with Crippen molar-refractivity contribution in [1.29, 1.82) is 0 Å². The Morgan fingerprint density at radius 1 is 1.33 bits per heavy atom. The van der Waals surface area contributed by atoms with Gasteiger partial charge in [-0.15, -0.1) is 0 Å². The monoisotopic (exact) mass is 291 g/mol. The van der Waals surface area contributed by atoms with Crippen LogP contribution in [0.4, 0.5) is 0 Å². The van der Waals surface area contributed by atoms with E-state index >= 15 is 0 Å². The van der Waals surface area contributed by atoms with Crippen molar-refractivity contribution in [2.45, 2.75) is 66.2 Å². The summed E-state index contributed by atoms with van der Waals surface area (Å²) in [7, 11) is 2.07. The second kappa shape index (κ2) is 6.12. The van der Waals surface area contributed by atoms with Gasteiger partial charge in [0.05, 0.1) is 5.69 Å². The molecule has 3 heteroatoms. The molecule has 1 saturated carbocycles. The van der Waals surface area contributed by atoms with E-state index in [1.807, 2.05) is 0 Å². The molecule has 0 atom stereocenters. The predicted octanol–water partition coefficient (Wildman–Crippen LogP) is 3.71. The third kappa shape index (κ3) is 3.68. The molecule has 1 aliphatic carbocycles. The Labute approximate surface area is 130 Å². The lowest BCUT2D eigenvalue weighted by atomic mass is 9.62. The number of rotatable bonds is 4. The minimum absolute atomic E-state index is 0.292. The van der Waals surface area contributed by atoms with Crippen LogP contribution in [0.1, 0.15) is 64.8 Å².